The van der Waals surface area contributed by atoms with Crippen molar-refractivity contribution < 1.29 is 14.3 Å². The molecular weight excluding hydrogens is 290 g/mol. The second-order valence-electron chi connectivity index (χ2n) is 5.88. The van der Waals surface area contributed by atoms with Crippen LogP contribution >= 0.6 is 12.2 Å². The van der Waals surface area contributed by atoms with E-state index in [-0.39, 0.29) is 11.9 Å². The van der Waals surface area contributed by atoms with E-state index in [9.17, 15) is 9.59 Å². The van der Waals surface area contributed by atoms with Gasteiger partial charge in [0.2, 0.25) is 5.91 Å². The molecule has 2 aliphatic rings. The molecule has 0 radical (unpaired) electrons. The van der Waals surface area contributed by atoms with Crippen molar-refractivity contribution in [3.8, 4) is 0 Å². The number of nitrogens with zero attached hydrogens (tertiary/aromatic N) is 1. The number of amides is 2. The zero-order valence-corrected chi connectivity index (χ0v) is 13.2. The van der Waals surface area contributed by atoms with Crippen LogP contribution in [0, 0.1) is 5.41 Å². The van der Waals surface area contributed by atoms with Crippen LogP contribution in [0.25, 0.3) is 0 Å². The van der Waals surface area contributed by atoms with Gasteiger partial charge in [0.15, 0.2) is 0 Å². The molecule has 1 aliphatic heterocycles. The summed E-state index contributed by atoms with van der Waals surface area (Å²) in [6.07, 6.45) is 4.86. The monoisotopic (exact) mass is 313 g/mol. The molecule has 1 unspecified atom stereocenters. The number of thiocarbonyl (C=S) groups is 1. The number of methoxy groups -OCH3 is 1. The summed E-state index contributed by atoms with van der Waals surface area (Å²) in [5.41, 5.74) is 5.23. The molecule has 0 aromatic heterocycles. The fourth-order valence-electron chi connectivity index (χ4n) is 3.31. The third kappa shape index (κ3) is 3.28. The summed E-state index contributed by atoms with van der Waals surface area (Å²) in [5.74, 6) is 0.0314. The summed E-state index contributed by atoms with van der Waals surface area (Å²) in [4.78, 5) is 26.2. The summed E-state index contributed by atoms with van der Waals surface area (Å²) in [6, 6.07) is -0.0617. The van der Waals surface area contributed by atoms with E-state index >= 15 is 0 Å². The number of carbonyl (C=O) groups excluding carboxylic acids is 2. The van der Waals surface area contributed by atoms with E-state index in [0.717, 1.165) is 38.5 Å². The first kappa shape index (κ1) is 16.0. The Bertz CT molecular complexity index is 435. The first-order chi connectivity index (χ1) is 9.99. The van der Waals surface area contributed by atoms with Crippen LogP contribution in [0.1, 0.15) is 38.5 Å². The Kier molecular flexibility index (Phi) is 5.03. The normalized spacial score (nSPS) is 24.4. The minimum atomic E-state index is -0.673. The quantitative estimate of drug-likeness (QED) is 0.764. The standard InChI is InChI=1S/C14H23N3O3S/c1-20-13(19)16-10-5-8-17(9-10)12(18)14(11(15)21)6-3-2-4-7-14/h10H,2-9H2,1H3,(H2,15,21)(H,16,19). The predicted octanol–water partition coefficient (Wildman–Crippen LogP) is 1.18. The molecule has 0 bridgehead atoms. The van der Waals surface area contributed by atoms with Gasteiger partial charge in [-0.3, -0.25) is 4.79 Å². The van der Waals surface area contributed by atoms with Crippen molar-refractivity contribution in [3.63, 3.8) is 0 Å². The average Bonchev–Trinajstić information content (AvgIpc) is 2.95. The zero-order chi connectivity index (χ0) is 15.5. The molecular formula is C14H23N3O3S. The summed E-state index contributed by atoms with van der Waals surface area (Å²) >= 11 is 5.20. The van der Waals surface area contributed by atoms with Gasteiger partial charge in [0.05, 0.1) is 23.6 Å². The number of hydrogen-bond acceptors (Lipinski definition) is 4. The molecule has 6 nitrogen and oxygen atoms in total. The Morgan fingerprint density at radius 2 is 2.00 bits per heavy atom. The molecule has 0 aromatic carbocycles. The molecule has 2 fully saturated rings. The number of ether oxygens (including phenoxy) is 1. The van der Waals surface area contributed by atoms with Gasteiger partial charge in [-0.25, -0.2) is 4.79 Å². The van der Waals surface area contributed by atoms with Crippen LogP contribution in [0.3, 0.4) is 0 Å². The van der Waals surface area contributed by atoms with Gasteiger partial charge >= 0.3 is 6.09 Å². The maximum absolute atomic E-state index is 12.9. The lowest BCUT2D eigenvalue weighted by Crippen LogP contribution is -2.51. The van der Waals surface area contributed by atoms with Crippen molar-refractivity contribution in [2.24, 2.45) is 11.1 Å². The lowest BCUT2D eigenvalue weighted by molar-refractivity contribution is -0.138. The van der Waals surface area contributed by atoms with Gasteiger partial charge in [-0.1, -0.05) is 31.5 Å². The van der Waals surface area contributed by atoms with Crippen LogP contribution in [0.4, 0.5) is 4.79 Å². The van der Waals surface area contributed by atoms with Gasteiger partial charge in [0.25, 0.3) is 0 Å². The average molecular weight is 313 g/mol. The fourth-order valence-corrected chi connectivity index (χ4v) is 3.60. The summed E-state index contributed by atoms with van der Waals surface area (Å²) in [6.45, 7) is 1.12. The molecule has 21 heavy (non-hydrogen) atoms. The second kappa shape index (κ2) is 6.60. The maximum atomic E-state index is 12.9. The highest BCUT2D eigenvalue weighted by Gasteiger charge is 2.46. The number of carbonyl (C=O) groups is 2. The van der Waals surface area contributed by atoms with Gasteiger partial charge in [0.1, 0.15) is 0 Å². The topological polar surface area (TPSA) is 84.7 Å². The molecule has 2 rings (SSSR count). The van der Waals surface area contributed by atoms with Gasteiger partial charge in [0, 0.05) is 13.1 Å². The minimum absolute atomic E-state index is 0.0314. The zero-order valence-electron chi connectivity index (χ0n) is 12.4. The van der Waals surface area contributed by atoms with Gasteiger partial charge in [-0.05, 0) is 19.3 Å². The molecule has 0 aromatic rings. The predicted molar refractivity (Wildman–Crippen MR) is 82.8 cm³/mol. The van der Waals surface area contributed by atoms with Gasteiger partial charge < -0.3 is 20.7 Å². The van der Waals surface area contributed by atoms with Gasteiger partial charge in [-0.15, -0.1) is 0 Å². The fraction of sp³-hybridized carbons (Fsp3) is 0.786. The largest absolute Gasteiger partial charge is 0.453 e. The molecule has 118 valence electrons. The smallest absolute Gasteiger partial charge is 0.407 e. The second-order valence-corrected chi connectivity index (χ2v) is 6.32. The van der Waals surface area contributed by atoms with Crippen LogP contribution in [0.15, 0.2) is 0 Å². The third-order valence-corrected chi connectivity index (χ3v) is 4.96. The number of rotatable bonds is 3. The van der Waals surface area contributed by atoms with E-state index in [1.165, 1.54) is 7.11 Å². The van der Waals surface area contributed by atoms with E-state index in [2.05, 4.69) is 10.1 Å². The Balaban J connectivity index is 2.02. The molecule has 0 spiro atoms. The summed E-state index contributed by atoms with van der Waals surface area (Å²) in [5, 5.41) is 2.74. The van der Waals surface area contributed by atoms with Crippen molar-refractivity contribution in [1.29, 1.82) is 0 Å². The molecule has 3 N–H and O–H groups in total. The summed E-state index contributed by atoms with van der Waals surface area (Å²) in [7, 11) is 1.33. The Morgan fingerprint density at radius 3 is 2.57 bits per heavy atom. The highest BCUT2D eigenvalue weighted by molar-refractivity contribution is 7.80. The first-order valence-corrected chi connectivity index (χ1v) is 7.84. The molecule has 1 atom stereocenters. The highest BCUT2D eigenvalue weighted by atomic mass is 32.1. The lowest BCUT2D eigenvalue weighted by atomic mass is 9.73. The van der Waals surface area contributed by atoms with Crippen molar-refractivity contribution in [2.75, 3.05) is 20.2 Å². The summed E-state index contributed by atoms with van der Waals surface area (Å²) < 4.78 is 4.59. The van der Waals surface area contributed by atoms with Crippen LogP contribution < -0.4 is 11.1 Å². The van der Waals surface area contributed by atoms with Crippen LogP contribution in [0.5, 0.6) is 0 Å². The molecule has 7 heteroatoms. The highest BCUT2D eigenvalue weighted by Crippen LogP contribution is 2.39. The number of hydrogen-bond donors (Lipinski definition) is 2. The third-order valence-electron chi connectivity index (χ3n) is 4.57. The van der Waals surface area contributed by atoms with E-state index in [0.29, 0.717) is 18.1 Å². The van der Waals surface area contributed by atoms with E-state index < -0.39 is 11.5 Å². The van der Waals surface area contributed by atoms with Crippen LogP contribution in [0.2, 0.25) is 0 Å². The molecule has 1 saturated carbocycles. The van der Waals surface area contributed by atoms with Crippen molar-refractivity contribution in [3.05, 3.63) is 0 Å². The van der Waals surface area contributed by atoms with E-state index in [4.69, 9.17) is 18.0 Å². The number of nitrogens with two attached hydrogens (primary N) is 1. The van der Waals surface area contributed by atoms with Crippen molar-refractivity contribution >= 4 is 29.2 Å². The van der Waals surface area contributed by atoms with Crippen LogP contribution in [-0.4, -0.2) is 48.1 Å². The van der Waals surface area contributed by atoms with Crippen molar-refractivity contribution in [1.82, 2.24) is 10.2 Å². The SMILES string of the molecule is COC(=O)NC1CCN(C(=O)C2(C(N)=S)CCCCC2)C1. The molecule has 1 saturated heterocycles. The van der Waals surface area contributed by atoms with Crippen LogP contribution in [-0.2, 0) is 9.53 Å². The number of alkyl carbamates (subject to hydrolysis) is 1. The minimum Gasteiger partial charge on any atom is -0.453 e. The van der Waals surface area contributed by atoms with Crippen molar-refractivity contribution in [2.45, 2.75) is 44.6 Å². The molecule has 2 amide bonds. The van der Waals surface area contributed by atoms with E-state index in [1.807, 2.05) is 0 Å². The molecule has 1 aliphatic carbocycles. The van der Waals surface area contributed by atoms with Gasteiger partial charge in [-0.2, -0.15) is 0 Å². The number of nitrogens with one attached hydrogen (secondary N) is 1. The number of likely N-dealkylation sites (tertiary alicyclic amines) is 1. The Morgan fingerprint density at radius 1 is 1.33 bits per heavy atom. The Hall–Kier alpha value is -1.37. The molecule has 1 heterocycles. The van der Waals surface area contributed by atoms with E-state index in [1.54, 1.807) is 4.90 Å². The first-order valence-electron chi connectivity index (χ1n) is 7.43. The maximum Gasteiger partial charge on any atom is 0.407 e. The lowest BCUT2D eigenvalue weighted by Gasteiger charge is -2.37. The Labute approximate surface area is 130 Å².